The van der Waals surface area contributed by atoms with Crippen LogP contribution in [0.15, 0.2) is 206 Å². The smallest absolute Gasteiger partial charge is 0.240 e. The lowest BCUT2D eigenvalue weighted by molar-refractivity contribution is 0.0900. The van der Waals surface area contributed by atoms with E-state index < -0.39 is 8.07 Å². The van der Waals surface area contributed by atoms with E-state index in [-0.39, 0.29) is 0 Å². The van der Waals surface area contributed by atoms with Crippen molar-refractivity contribution < 1.29 is 0 Å². The van der Waals surface area contributed by atoms with Crippen LogP contribution >= 0.6 is 0 Å². The molecule has 3 aromatic heterocycles. The number of aromatic nitrogens is 5. The molecule has 11 aromatic rings. The fourth-order valence-corrected chi connectivity index (χ4v) is 17.9. The van der Waals surface area contributed by atoms with E-state index in [0.29, 0.717) is 29.8 Å². The standard InChI is InChI=1S/C60H48N6Si/c1-4-18-46(19-5-1)67(47-20-6-2-7-21-47,48-22-8-3-9-23-48)49-24-16-17-42(38-49)58-61-59(65-54-28-13-10-25-50(54)51-26-11-14-29-55(51)65)63-60(62-58)66-56-30-15-12-27-52(56)53-39-43(31-32-57(53)66)64-44-34-40-33-41(36-44)37-45(64)35-40/h1-32,38-41,44-45H,33-37H2. The van der Waals surface area contributed by atoms with Crippen molar-refractivity contribution in [2.45, 2.75) is 44.2 Å². The van der Waals surface area contributed by atoms with E-state index in [4.69, 9.17) is 15.0 Å². The summed E-state index contributed by atoms with van der Waals surface area (Å²) in [5.41, 5.74) is 6.59. The summed E-state index contributed by atoms with van der Waals surface area (Å²) in [4.78, 5) is 19.4. The first-order valence-electron chi connectivity index (χ1n) is 24.0. The average Bonchev–Trinajstić information content (AvgIpc) is 3.90. The van der Waals surface area contributed by atoms with Crippen molar-refractivity contribution >= 4 is 78.1 Å². The largest absolute Gasteiger partial charge is 0.366 e. The summed E-state index contributed by atoms with van der Waals surface area (Å²) in [6.45, 7) is 0. The normalized spacial score (nSPS) is 19.0. The molecule has 0 amide bonds. The lowest BCUT2D eigenvalue weighted by Crippen LogP contribution is -2.74. The third kappa shape index (κ3) is 5.97. The van der Waals surface area contributed by atoms with E-state index in [1.54, 1.807) is 0 Å². The second kappa shape index (κ2) is 15.2. The third-order valence-electron chi connectivity index (χ3n) is 15.6. The first kappa shape index (κ1) is 38.6. The summed E-state index contributed by atoms with van der Waals surface area (Å²) < 4.78 is 4.51. The van der Waals surface area contributed by atoms with Gasteiger partial charge in [0.25, 0.3) is 0 Å². The topological polar surface area (TPSA) is 51.8 Å². The van der Waals surface area contributed by atoms with Gasteiger partial charge in [0.2, 0.25) is 11.9 Å². The molecule has 8 aromatic carbocycles. The molecule has 2 aliphatic heterocycles. The van der Waals surface area contributed by atoms with Gasteiger partial charge in [0.05, 0.1) is 22.1 Å². The Morgan fingerprint density at radius 1 is 0.358 bits per heavy atom. The number of rotatable bonds is 8. The molecule has 0 N–H and O–H groups in total. The van der Waals surface area contributed by atoms with Gasteiger partial charge in [0.15, 0.2) is 13.9 Å². The third-order valence-corrected chi connectivity index (χ3v) is 20.4. The van der Waals surface area contributed by atoms with Crippen molar-refractivity contribution in [1.82, 2.24) is 24.1 Å². The minimum absolute atomic E-state index is 0.586. The Bertz CT molecular complexity index is 3500. The van der Waals surface area contributed by atoms with E-state index in [0.717, 1.165) is 50.2 Å². The minimum atomic E-state index is -2.86. The maximum atomic E-state index is 5.56. The van der Waals surface area contributed by atoms with Gasteiger partial charge in [0.1, 0.15) is 0 Å². The van der Waals surface area contributed by atoms with Crippen LogP contribution in [0.4, 0.5) is 5.69 Å². The van der Waals surface area contributed by atoms with Crippen molar-refractivity contribution in [3.63, 3.8) is 0 Å². The van der Waals surface area contributed by atoms with Gasteiger partial charge in [-0.05, 0) is 101 Å². The zero-order valence-corrected chi connectivity index (χ0v) is 38.2. The summed E-state index contributed by atoms with van der Waals surface area (Å²) in [5.74, 6) is 3.62. The summed E-state index contributed by atoms with van der Waals surface area (Å²) in [7, 11) is -2.86. The highest BCUT2D eigenvalue weighted by Gasteiger charge is 2.47. The number of para-hydroxylation sites is 3. The molecule has 6 nitrogen and oxygen atoms in total. The molecule has 0 atom stereocenters. The van der Waals surface area contributed by atoms with Crippen LogP contribution in [0.25, 0.3) is 66.9 Å². The van der Waals surface area contributed by atoms with Crippen LogP contribution in [-0.2, 0) is 0 Å². The van der Waals surface area contributed by atoms with Crippen molar-refractivity contribution in [2.24, 2.45) is 11.8 Å². The van der Waals surface area contributed by atoms with Crippen LogP contribution in [0.1, 0.15) is 32.1 Å². The van der Waals surface area contributed by atoms with Crippen LogP contribution in [0.5, 0.6) is 0 Å². The van der Waals surface area contributed by atoms with Gasteiger partial charge in [-0.2, -0.15) is 15.0 Å². The van der Waals surface area contributed by atoms with Crippen molar-refractivity contribution in [3.8, 4) is 23.3 Å². The average molecular weight is 881 g/mol. The monoisotopic (exact) mass is 880 g/mol. The molecule has 2 saturated carbocycles. The molecule has 7 heteroatoms. The van der Waals surface area contributed by atoms with Gasteiger partial charge in [-0.15, -0.1) is 0 Å². The van der Waals surface area contributed by atoms with Crippen molar-refractivity contribution in [2.75, 3.05) is 4.90 Å². The molecule has 0 spiro atoms. The molecule has 2 aliphatic carbocycles. The zero-order chi connectivity index (χ0) is 44.1. The van der Waals surface area contributed by atoms with E-state index in [1.807, 2.05) is 0 Å². The summed E-state index contributed by atoms with van der Waals surface area (Å²) in [6.07, 6.45) is 6.77. The van der Waals surface area contributed by atoms with E-state index in [1.165, 1.54) is 69.3 Å². The van der Waals surface area contributed by atoms with Gasteiger partial charge >= 0.3 is 0 Å². The molecular weight excluding hydrogens is 833 g/mol. The Balaban J connectivity index is 1.02. The number of hydrogen-bond acceptors (Lipinski definition) is 4. The van der Waals surface area contributed by atoms with Gasteiger partial charge in [-0.25, -0.2) is 0 Å². The second-order valence-corrected chi connectivity index (χ2v) is 23.0. The van der Waals surface area contributed by atoms with Crippen LogP contribution in [0.2, 0.25) is 0 Å². The second-order valence-electron chi connectivity index (χ2n) is 19.2. The maximum Gasteiger partial charge on any atom is 0.240 e. The number of anilines is 1. The molecule has 322 valence electrons. The summed E-state index contributed by atoms with van der Waals surface area (Å²) in [6, 6.07) is 76.8. The maximum absolute atomic E-state index is 5.56. The first-order valence-corrected chi connectivity index (χ1v) is 26.0. The van der Waals surface area contributed by atoms with Gasteiger partial charge in [-0.3, -0.25) is 9.13 Å². The highest BCUT2D eigenvalue weighted by molar-refractivity contribution is 7.19. The first-order chi connectivity index (χ1) is 33.2. The summed E-state index contributed by atoms with van der Waals surface area (Å²) >= 11 is 0. The number of piperidine rings is 2. The van der Waals surface area contributed by atoms with Gasteiger partial charge in [0, 0.05) is 44.9 Å². The van der Waals surface area contributed by atoms with Crippen LogP contribution in [-0.4, -0.2) is 44.2 Å². The highest BCUT2D eigenvalue weighted by atomic mass is 28.3. The van der Waals surface area contributed by atoms with Crippen LogP contribution < -0.4 is 25.6 Å². The fourth-order valence-electron chi connectivity index (χ4n) is 13.1. The van der Waals surface area contributed by atoms with Gasteiger partial charge in [-0.1, -0.05) is 170 Å². The Morgan fingerprint density at radius 3 is 1.30 bits per heavy atom. The van der Waals surface area contributed by atoms with E-state index in [2.05, 4.69) is 220 Å². The molecular formula is C60H48N6Si. The van der Waals surface area contributed by atoms with Crippen molar-refractivity contribution in [1.29, 1.82) is 0 Å². The molecule has 5 heterocycles. The predicted octanol–water partition coefficient (Wildman–Crippen LogP) is 10.9. The zero-order valence-electron chi connectivity index (χ0n) is 37.2. The predicted molar refractivity (Wildman–Crippen MR) is 278 cm³/mol. The number of nitrogens with zero attached hydrogens (tertiary/aromatic N) is 6. The number of hydrogen-bond donors (Lipinski definition) is 0. The van der Waals surface area contributed by atoms with Crippen molar-refractivity contribution in [3.05, 3.63) is 206 Å². The minimum Gasteiger partial charge on any atom is -0.366 e. The van der Waals surface area contributed by atoms with E-state index >= 15 is 0 Å². The Hall–Kier alpha value is -7.61. The molecule has 67 heavy (non-hydrogen) atoms. The molecule has 2 saturated heterocycles. The molecule has 0 unspecified atom stereocenters. The van der Waals surface area contributed by atoms with Gasteiger partial charge < -0.3 is 4.90 Å². The Kier molecular flexibility index (Phi) is 8.78. The lowest BCUT2D eigenvalue weighted by Gasteiger charge is -2.57. The fraction of sp³-hybridized carbons (Fsp3) is 0.150. The number of benzene rings is 8. The molecule has 4 bridgehead atoms. The SMILES string of the molecule is c1ccc([Si](c2ccccc2)(c2ccccc2)c2cccc(-c3nc(-n4c5ccccc5c5ccccc54)nc(-n4c5ccccc5c5cc(N6C7CC8CC(C7)CC6C8)ccc54)n3)c2)cc1. The number of fused-ring (bicyclic) bond motifs is 6. The van der Waals surface area contributed by atoms with Crippen LogP contribution in [0, 0.1) is 11.8 Å². The Labute approximate surface area is 390 Å². The van der Waals surface area contributed by atoms with E-state index in [9.17, 15) is 0 Å². The van der Waals surface area contributed by atoms with Crippen LogP contribution in [0.3, 0.4) is 0 Å². The lowest BCUT2D eigenvalue weighted by atomic mass is 9.63. The molecule has 4 fully saturated rings. The summed E-state index contributed by atoms with van der Waals surface area (Å²) in [5, 5.41) is 9.99. The molecule has 4 aliphatic rings. The molecule has 0 radical (unpaired) electrons. The Morgan fingerprint density at radius 2 is 0.791 bits per heavy atom. The quantitative estimate of drug-likeness (QED) is 0.113. The molecule has 15 rings (SSSR count). The highest BCUT2D eigenvalue weighted by Crippen LogP contribution is 2.51.